The molecule has 1 fully saturated rings. The molecule has 0 bridgehead atoms. The molecule has 0 spiro atoms. The highest BCUT2D eigenvalue weighted by Crippen LogP contribution is 2.22. The Morgan fingerprint density at radius 1 is 1.10 bits per heavy atom. The number of likely N-dealkylation sites (tertiary alicyclic amines) is 1. The molecular weight excluding hydrogens is 260 g/mol. The minimum absolute atomic E-state index is 0.549. The number of anilines is 1. The van der Waals surface area contributed by atoms with Gasteiger partial charge in [0.1, 0.15) is 5.82 Å². The number of rotatable bonds is 9. The van der Waals surface area contributed by atoms with Gasteiger partial charge in [-0.25, -0.2) is 0 Å². The van der Waals surface area contributed by atoms with Crippen LogP contribution in [0.25, 0.3) is 0 Å². The summed E-state index contributed by atoms with van der Waals surface area (Å²) in [5.74, 6) is 0.639. The summed E-state index contributed by atoms with van der Waals surface area (Å²) in [4.78, 5) is 2.62. The maximum absolute atomic E-state index is 5.69. The van der Waals surface area contributed by atoms with Gasteiger partial charge in [0.2, 0.25) is 0 Å². The second-order valence-corrected chi connectivity index (χ2v) is 6.41. The van der Waals surface area contributed by atoms with Gasteiger partial charge >= 0.3 is 0 Å². The van der Waals surface area contributed by atoms with Gasteiger partial charge in [-0.05, 0) is 31.9 Å². The Labute approximate surface area is 129 Å². The summed E-state index contributed by atoms with van der Waals surface area (Å²) in [6, 6.07) is 2.44. The summed E-state index contributed by atoms with van der Waals surface area (Å²) >= 11 is 0. The van der Waals surface area contributed by atoms with Gasteiger partial charge in [-0.1, -0.05) is 45.4 Å². The van der Waals surface area contributed by atoms with Gasteiger partial charge in [-0.15, -0.1) is 0 Å². The van der Waals surface area contributed by atoms with Crippen molar-refractivity contribution in [3.63, 3.8) is 0 Å². The van der Waals surface area contributed by atoms with Crippen molar-refractivity contribution >= 4 is 5.82 Å². The SMILES string of the molecule is CCCCCCCCCN1CCC(n2ccc(N)n2)CC1. The lowest BCUT2D eigenvalue weighted by Crippen LogP contribution is -2.35. The highest BCUT2D eigenvalue weighted by atomic mass is 15.3. The van der Waals surface area contributed by atoms with Crippen molar-refractivity contribution in [3.05, 3.63) is 12.3 Å². The molecule has 0 atom stereocenters. The summed E-state index contributed by atoms with van der Waals surface area (Å²) in [6.07, 6.45) is 14.2. The summed E-state index contributed by atoms with van der Waals surface area (Å²) < 4.78 is 2.06. The highest BCUT2D eigenvalue weighted by molar-refractivity contribution is 5.24. The van der Waals surface area contributed by atoms with Gasteiger partial charge in [-0.3, -0.25) is 4.68 Å². The number of nitrogen functional groups attached to an aromatic ring is 1. The number of nitrogens with zero attached hydrogens (tertiary/aromatic N) is 3. The lowest BCUT2D eigenvalue weighted by Gasteiger charge is -2.32. The zero-order valence-electron chi connectivity index (χ0n) is 13.6. The first-order chi connectivity index (χ1) is 10.3. The molecule has 2 rings (SSSR count). The normalized spacial score (nSPS) is 17.4. The van der Waals surface area contributed by atoms with Gasteiger partial charge in [-0.2, -0.15) is 5.10 Å². The molecule has 1 aliphatic rings. The lowest BCUT2D eigenvalue weighted by atomic mass is 10.0. The van der Waals surface area contributed by atoms with Crippen LogP contribution in [-0.2, 0) is 0 Å². The Balaban J connectivity index is 1.53. The molecule has 0 saturated carbocycles. The van der Waals surface area contributed by atoms with Crippen LogP contribution in [0.15, 0.2) is 12.3 Å². The van der Waals surface area contributed by atoms with E-state index >= 15 is 0 Å². The predicted octanol–water partition coefficient (Wildman–Crippen LogP) is 3.85. The minimum Gasteiger partial charge on any atom is -0.382 e. The molecule has 4 heteroatoms. The maximum atomic E-state index is 5.69. The van der Waals surface area contributed by atoms with Gasteiger partial charge in [0.25, 0.3) is 0 Å². The van der Waals surface area contributed by atoms with E-state index in [9.17, 15) is 0 Å². The second kappa shape index (κ2) is 9.08. The number of unbranched alkanes of at least 4 members (excludes halogenated alkanes) is 6. The van der Waals surface area contributed by atoms with E-state index in [0.717, 1.165) is 0 Å². The Hall–Kier alpha value is -1.03. The molecular formula is C17H32N4. The van der Waals surface area contributed by atoms with Crippen LogP contribution in [0.3, 0.4) is 0 Å². The minimum atomic E-state index is 0.549. The van der Waals surface area contributed by atoms with E-state index in [1.54, 1.807) is 0 Å². The fourth-order valence-corrected chi connectivity index (χ4v) is 3.26. The molecule has 0 amide bonds. The first kappa shape index (κ1) is 16.3. The fraction of sp³-hybridized carbons (Fsp3) is 0.824. The molecule has 1 aromatic rings. The van der Waals surface area contributed by atoms with Crippen molar-refractivity contribution in [1.29, 1.82) is 0 Å². The average molecular weight is 292 g/mol. The van der Waals surface area contributed by atoms with E-state index in [2.05, 4.69) is 21.6 Å². The molecule has 1 saturated heterocycles. The summed E-state index contributed by atoms with van der Waals surface area (Å²) in [5.41, 5.74) is 5.69. The number of hydrogen-bond donors (Lipinski definition) is 1. The first-order valence-corrected chi connectivity index (χ1v) is 8.82. The number of piperidine rings is 1. The maximum Gasteiger partial charge on any atom is 0.145 e. The van der Waals surface area contributed by atoms with E-state index in [0.29, 0.717) is 11.9 Å². The van der Waals surface area contributed by atoms with Crippen LogP contribution in [-0.4, -0.2) is 34.3 Å². The summed E-state index contributed by atoms with van der Waals surface area (Å²) in [7, 11) is 0. The highest BCUT2D eigenvalue weighted by Gasteiger charge is 2.20. The van der Waals surface area contributed by atoms with Crippen LogP contribution in [0.5, 0.6) is 0 Å². The molecule has 1 aromatic heterocycles. The van der Waals surface area contributed by atoms with Crippen LogP contribution in [0.4, 0.5) is 5.82 Å². The van der Waals surface area contributed by atoms with Crippen LogP contribution in [0.1, 0.15) is 70.8 Å². The summed E-state index contributed by atoms with van der Waals surface area (Å²) in [5, 5.41) is 4.35. The van der Waals surface area contributed by atoms with Crippen molar-refractivity contribution in [2.24, 2.45) is 0 Å². The molecule has 120 valence electrons. The average Bonchev–Trinajstić information content (AvgIpc) is 2.93. The third-order valence-electron chi connectivity index (χ3n) is 4.64. The van der Waals surface area contributed by atoms with Gasteiger partial charge in [0.15, 0.2) is 0 Å². The number of aromatic nitrogens is 2. The van der Waals surface area contributed by atoms with Crippen LogP contribution < -0.4 is 5.73 Å². The lowest BCUT2D eigenvalue weighted by molar-refractivity contribution is 0.177. The molecule has 4 nitrogen and oxygen atoms in total. The Morgan fingerprint density at radius 3 is 2.38 bits per heavy atom. The standard InChI is InChI=1S/C17H32N4/c1-2-3-4-5-6-7-8-12-20-13-9-16(10-14-20)21-15-11-17(18)19-21/h11,15-16H,2-10,12-14H2,1H3,(H2,18,19). The fourth-order valence-electron chi connectivity index (χ4n) is 3.26. The van der Waals surface area contributed by atoms with Gasteiger partial charge in [0.05, 0.1) is 6.04 Å². The Morgan fingerprint density at radius 2 is 1.76 bits per heavy atom. The third-order valence-corrected chi connectivity index (χ3v) is 4.64. The van der Waals surface area contributed by atoms with E-state index in [4.69, 9.17) is 5.73 Å². The van der Waals surface area contributed by atoms with E-state index < -0.39 is 0 Å². The van der Waals surface area contributed by atoms with E-state index in [1.165, 1.54) is 77.4 Å². The predicted molar refractivity (Wildman–Crippen MR) is 89.3 cm³/mol. The van der Waals surface area contributed by atoms with Crippen LogP contribution >= 0.6 is 0 Å². The molecule has 0 aliphatic carbocycles. The second-order valence-electron chi connectivity index (χ2n) is 6.41. The molecule has 21 heavy (non-hydrogen) atoms. The van der Waals surface area contributed by atoms with Crippen LogP contribution in [0, 0.1) is 0 Å². The van der Waals surface area contributed by atoms with Crippen molar-refractivity contribution in [2.45, 2.75) is 70.8 Å². The summed E-state index contributed by atoms with van der Waals surface area (Å²) in [6.45, 7) is 5.98. The smallest absolute Gasteiger partial charge is 0.145 e. The third kappa shape index (κ3) is 5.70. The van der Waals surface area contributed by atoms with Crippen molar-refractivity contribution in [1.82, 2.24) is 14.7 Å². The molecule has 1 aliphatic heterocycles. The molecule has 0 aromatic carbocycles. The Bertz CT molecular complexity index is 380. The molecule has 2 N–H and O–H groups in total. The largest absolute Gasteiger partial charge is 0.382 e. The van der Waals surface area contributed by atoms with Crippen LogP contribution in [0.2, 0.25) is 0 Å². The Kier molecular flexibility index (Phi) is 7.07. The number of hydrogen-bond acceptors (Lipinski definition) is 3. The van der Waals surface area contributed by atoms with Gasteiger partial charge in [0, 0.05) is 19.3 Å². The van der Waals surface area contributed by atoms with Crippen molar-refractivity contribution in [3.8, 4) is 0 Å². The van der Waals surface area contributed by atoms with Gasteiger partial charge < -0.3 is 10.6 Å². The molecule has 0 radical (unpaired) electrons. The number of nitrogens with two attached hydrogens (primary N) is 1. The quantitative estimate of drug-likeness (QED) is 0.703. The topological polar surface area (TPSA) is 47.1 Å². The van der Waals surface area contributed by atoms with Crippen molar-refractivity contribution < 1.29 is 0 Å². The van der Waals surface area contributed by atoms with E-state index in [1.807, 2.05) is 12.3 Å². The zero-order valence-corrected chi connectivity index (χ0v) is 13.6. The monoisotopic (exact) mass is 292 g/mol. The zero-order chi connectivity index (χ0) is 14.9. The first-order valence-electron chi connectivity index (χ1n) is 8.82. The van der Waals surface area contributed by atoms with Crippen molar-refractivity contribution in [2.75, 3.05) is 25.4 Å². The molecule has 2 heterocycles. The van der Waals surface area contributed by atoms with E-state index in [-0.39, 0.29) is 0 Å². The molecule has 0 unspecified atom stereocenters.